The molecule has 1 aliphatic rings. The molecule has 13 nitrogen and oxygen atoms in total. The highest BCUT2D eigenvalue weighted by atomic mass is 32.2. The molecular weight excluding hydrogens is 503 g/mol. The van der Waals surface area contributed by atoms with E-state index in [0.29, 0.717) is 18.0 Å². The Morgan fingerprint density at radius 3 is 2.63 bits per heavy atom. The number of carbonyl (C=O) groups is 4. The Bertz CT molecular complexity index is 997. The molecule has 2 atom stereocenters. The molecule has 1 unspecified atom stereocenters. The lowest BCUT2D eigenvalue weighted by Crippen LogP contribution is -2.50. The van der Waals surface area contributed by atoms with Crippen LogP contribution in [0.5, 0.6) is 0 Å². The average Bonchev–Trinajstić information content (AvgIpc) is 3.11. The number of carbonyl (C=O) groups excluding carboxylic acids is 4. The zero-order valence-electron chi connectivity index (χ0n) is 20.3. The van der Waals surface area contributed by atoms with E-state index in [9.17, 15) is 23.7 Å². The molecule has 0 aromatic carbocycles. The molecular formula is C20H31N4O9PS. The lowest BCUT2D eigenvalue weighted by Gasteiger charge is -2.39. The molecule has 2 rings (SSSR count). The van der Waals surface area contributed by atoms with Gasteiger partial charge in [-0.15, -0.1) is 0 Å². The molecule has 196 valence electrons. The molecule has 1 aliphatic heterocycles. The molecule has 1 fully saturated rings. The number of aromatic nitrogens is 2. The van der Waals surface area contributed by atoms with Gasteiger partial charge in [0.25, 0.3) is 0 Å². The molecule has 2 amide bonds. The van der Waals surface area contributed by atoms with Crippen LogP contribution >= 0.6 is 19.6 Å². The number of esters is 1. The van der Waals surface area contributed by atoms with Crippen LogP contribution in [0.15, 0.2) is 6.07 Å². The standard InChI is InChI=1S/C20H31N4O9PS/c1-13-10-15(24(5)23-13)19(28)30-12-32-34(29)31-11-20(3,4)17(33-34)18(27)22-7-6-16(26)21-8-9-35-14(2)25/h10,17H,6-9,11-12H2,1-5H3,(H,21,26)(H,22,27)/t17-,34?/m0/s1. The van der Waals surface area contributed by atoms with E-state index in [1.807, 2.05) is 0 Å². The SMILES string of the molecule is CC(=O)SCCNC(=O)CCNC(=O)[C@@H]1OP(=O)(OCOC(=O)c2cc(C)nn2C)OCC1(C)C. The summed E-state index contributed by atoms with van der Waals surface area (Å²) in [4.78, 5) is 47.6. The van der Waals surface area contributed by atoms with Crippen molar-refractivity contribution in [3.8, 4) is 0 Å². The highest BCUT2D eigenvalue weighted by molar-refractivity contribution is 8.13. The van der Waals surface area contributed by atoms with Crippen LogP contribution < -0.4 is 10.6 Å². The normalized spacial score (nSPS) is 21.2. The number of nitrogens with zero attached hydrogens (tertiary/aromatic N) is 2. The summed E-state index contributed by atoms with van der Waals surface area (Å²) < 4.78 is 34.8. The van der Waals surface area contributed by atoms with Gasteiger partial charge in [0.1, 0.15) is 5.69 Å². The topological polar surface area (TPSA) is 164 Å². The van der Waals surface area contributed by atoms with Gasteiger partial charge in [-0.3, -0.25) is 28.1 Å². The fraction of sp³-hybridized carbons (Fsp3) is 0.650. The Morgan fingerprint density at radius 2 is 2.00 bits per heavy atom. The number of hydrogen-bond donors (Lipinski definition) is 2. The maximum Gasteiger partial charge on any atom is 0.478 e. The van der Waals surface area contributed by atoms with Crippen LogP contribution in [0.2, 0.25) is 0 Å². The first kappa shape index (κ1) is 29.0. The quantitative estimate of drug-likeness (QED) is 0.182. The molecule has 1 aromatic heterocycles. The van der Waals surface area contributed by atoms with Crippen molar-refractivity contribution in [3.63, 3.8) is 0 Å². The first-order chi connectivity index (χ1) is 16.3. The zero-order valence-corrected chi connectivity index (χ0v) is 22.0. The second-order valence-electron chi connectivity index (χ2n) is 8.40. The predicted octanol–water partition coefficient (Wildman–Crippen LogP) is 1.31. The third kappa shape index (κ3) is 9.04. The monoisotopic (exact) mass is 534 g/mol. The molecule has 2 N–H and O–H groups in total. The van der Waals surface area contributed by atoms with Crippen LogP contribution in [0.1, 0.15) is 43.4 Å². The summed E-state index contributed by atoms with van der Waals surface area (Å²) in [5.74, 6) is -1.17. The van der Waals surface area contributed by atoms with Crippen LogP contribution in [-0.4, -0.2) is 71.0 Å². The summed E-state index contributed by atoms with van der Waals surface area (Å²) >= 11 is 1.11. The highest BCUT2D eigenvalue weighted by Crippen LogP contribution is 2.57. The van der Waals surface area contributed by atoms with Gasteiger partial charge in [-0.1, -0.05) is 25.6 Å². The van der Waals surface area contributed by atoms with Crippen molar-refractivity contribution >= 4 is 42.5 Å². The Balaban J connectivity index is 1.82. The van der Waals surface area contributed by atoms with Crippen LogP contribution in [0.3, 0.4) is 0 Å². The third-order valence-electron chi connectivity index (χ3n) is 4.77. The van der Waals surface area contributed by atoms with Crippen molar-refractivity contribution in [1.29, 1.82) is 0 Å². The number of phosphoric ester groups is 1. The number of hydrogen-bond acceptors (Lipinski definition) is 11. The summed E-state index contributed by atoms with van der Waals surface area (Å²) in [7, 11) is -2.63. The minimum Gasteiger partial charge on any atom is -0.433 e. The van der Waals surface area contributed by atoms with E-state index in [-0.39, 0.29) is 36.3 Å². The van der Waals surface area contributed by atoms with E-state index in [0.717, 1.165) is 11.8 Å². The molecule has 15 heteroatoms. The molecule has 0 saturated carbocycles. The number of aryl methyl sites for hydroxylation is 2. The van der Waals surface area contributed by atoms with Crippen LogP contribution in [0, 0.1) is 12.3 Å². The summed E-state index contributed by atoms with van der Waals surface area (Å²) in [6, 6.07) is 1.52. The van der Waals surface area contributed by atoms with Crippen molar-refractivity contribution in [2.24, 2.45) is 12.5 Å². The second-order valence-corrected chi connectivity index (χ2v) is 11.3. The van der Waals surface area contributed by atoms with Gasteiger partial charge in [0.05, 0.1) is 12.3 Å². The van der Waals surface area contributed by atoms with E-state index >= 15 is 0 Å². The van der Waals surface area contributed by atoms with Gasteiger partial charge >= 0.3 is 13.8 Å². The van der Waals surface area contributed by atoms with Crippen molar-refractivity contribution < 1.29 is 42.1 Å². The van der Waals surface area contributed by atoms with Gasteiger partial charge in [0, 0.05) is 44.6 Å². The first-order valence-corrected chi connectivity index (χ1v) is 13.2. The predicted molar refractivity (Wildman–Crippen MR) is 125 cm³/mol. The lowest BCUT2D eigenvalue weighted by molar-refractivity contribution is -0.143. The Kier molecular flexibility index (Phi) is 10.5. The Labute approximate surface area is 207 Å². The summed E-state index contributed by atoms with van der Waals surface area (Å²) in [6.07, 6.45) is -1.19. The maximum atomic E-state index is 12.9. The number of rotatable bonds is 11. The number of nitrogens with one attached hydrogen (secondary N) is 2. The average molecular weight is 535 g/mol. The van der Waals surface area contributed by atoms with Gasteiger partial charge in [0.2, 0.25) is 18.6 Å². The first-order valence-electron chi connectivity index (χ1n) is 10.8. The van der Waals surface area contributed by atoms with E-state index < -0.39 is 38.0 Å². The molecule has 0 radical (unpaired) electrons. The summed E-state index contributed by atoms with van der Waals surface area (Å²) in [5, 5.41) is 9.23. The van der Waals surface area contributed by atoms with Crippen LogP contribution in [0.25, 0.3) is 0 Å². The van der Waals surface area contributed by atoms with Gasteiger partial charge in [-0.25, -0.2) is 13.9 Å². The number of amides is 2. The van der Waals surface area contributed by atoms with Crippen molar-refractivity contribution in [2.75, 3.05) is 32.2 Å². The summed E-state index contributed by atoms with van der Waals surface area (Å²) in [6.45, 7) is 6.04. The smallest absolute Gasteiger partial charge is 0.433 e. The number of ether oxygens (including phenoxy) is 1. The second kappa shape index (κ2) is 12.6. The minimum atomic E-state index is -4.21. The van der Waals surface area contributed by atoms with Crippen LogP contribution in [-0.2, 0) is 44.3 Å². The largest absolute Gasteiger partial charge is 0.478 e. The molecule has 2 heterocycles. The van der Waals surface area contributed by atoms with E-state index in [1.165, 1.54) is 17.7 Å². The third-order valence-corrected chi connectivity index (χ3v) is 6.92. The minimum absolute atomic E-state index is 0.0116. The molecule has 0 spiro atoms. The van der Waals surface area contributed by atoms with E-state index in [1.54, 1.807) is 27.8 Å². The highest BCUT2D eigenvalue weighted by Gasteiger charge is 2.49. The van der Waals surface area contributed by atoms with E-state index in [2.05, 4.69) is 15.7 Å². The van der Waals surface area contributed by atoms with Gasteiger partial charge in [-0.05, 0) is 13.0 Å². The van der Waals surface area contributed by atoms with Gasteiger partial charge < -0.3 is 15.4 Å². The van der Waals surface area contributed by atoms with Gasteiger partial charge in [-0.2, -0.15) is 5.10 Å². The molecule has 1 aromatic rings. The molecule has 1 saturated heterocycles. The fourth-order valence-corrected chi connectivity index (χ4v) is 4.98. The van der Waals surface area contributed by atoms with Gasteiger partial charge in [0.15, 0.2) is 11.2 Å². The fourth-order valence-electron chi connectivity index (χ4n) is 2.98. The van der Waals surface area contributed by atoms with Crippen molar-refractivity contribution in [1.82, 2.24) is 20.4 Å². The molecule has 35 heavy (non-hydrogen) atoms. The molecule has 0 aliphatic carbocycles. The Morgan fingerprint density at radius 1 is 1.29 bits per heavy atom. The number of phosphoric acid groups is 1. The molecule has 0 bridgehead atoms. The maximum absolute atomic E-state index is 12.9. The zero-order chi connectivity index (χ0) is 26.2. The lowest BCUT2D eigenvalue weighted by atomic mass is 9.87. The van der Waals surface area contributed by atoms with Crippen molar-refractivity contribution in [2.45, 2.75) is 40.2 Å². The van der Waals surface area contributed by atoms with Crippen LogP contribution in [0.4, 0.5) is 0 Å². The Hall–Kier alpha value is -2.25. The summed E-state index contributed by atoms with van der Waals surface area (Å²) in [5.41, 5.74) is -0.0567. The van der Waals surface area contributed by atoms with Crippen molar-refractivity contribution in [3.05, 3.63) is 17.5 Å². The van der Waals surface area contributed by atoms with E-state index in [4.69, 9.17) is 18.3 Å². The number of thioether (sulfide) groups is 1.